The van der Waals surface area contributed by atoms with Crippen LogP contribution in [0.25, 0.3) is 31.8 Å². The largest absolute Gasteiger partial charge is 0.481 e. The van der Waals surface area contributed by atoms with Crippen molar-refractivity contribution in [2.45, 2.75) is 25.9 Å². The number of aryl methyl sites for hydroxylation is 1. The highest BCUT2D eigenvalue weighted by molar-refractivity contribution is 7.22. The van der Waals surface area contributed by atoms with Gasteiger partial charge in [-0.25, -0.2) is 19.3 Å². The second kappa shape index (κ2) is 6.33. The molecule has 5 rings (SSSR count). The summed E-state index contributed by atoms with van der Waals surface area (Å²) in [5.41, 5.74) is 3.79. The highest BCUT2D eigenvalue weighted by Crippen LogP contribution is 2.45. The van der Waals surface area contributed by atoms with Crippen LogP contribution in [0.4, 0.5) is 4.39 Å². The molecule has 29 heavy (non-hydrogen) atoms. The number of fused-ring (bicyclic) bond motifs is 4. The molecule has 1 aliphatic rings. The number of hydrogen-bond donors (Lipinski definition) is 1. The van der Waals surface area contributed by atoms with Gasteiger partial charge in [0, 0.05) is 23.6 Å². The molecule has 1 N–H and O–H groups in total. The number of methoxy groups -OCH3 is 1. The van der Waals surface area contributed by atoms with Gasteiger partial charge in [0.1, 0.15) is 10.6 Å². The van der Waals surface area contributed by atoms with E-state index in [0.29, 0.717) is 28.9 Å². The summed E-state index contributed by atoms with van der Waals surface area (Å²) in [6.45, 7) is 3.57. The number of aliphatic hydroxyl groups is 1. The van der Waals surface area contributed by atoms with Gasteiger partial charge in [-0.15, -0.1) is 11.3 Å². The number of thiazole rings is 1. The number of rotatable bonds is 3. The lowest BCUT2D eigenvalue weighted by atomic mass is 10.00. The summed E-state index contributed by atoms with van der Waals surface area (Å²) in [5, 5.41) is 10.4. The van der Waals surface area contributed by atoms with Crippen molar-refractivity contribution in [1.82, 2.24) is 15.0 Å². The number of benzene rings is 2. The number of hydrogen-bond acceptors (Lipinski definition) is 7. The average Bonchev–Trinajstić information content (AvgIpc) is 3.28. The van der Waals surface area contributed by atoms with E-state index >= 15 is 0 Å². The summed E-state index contributed by atoms with van der Waals surface area (Å²) in [6.07, 6.45) is 2.01. The summed E-state index contributed by atoms with van der Waals surface area (Å²) < 4.78 is 26.4. The fourth-order valence-corrected chi connectivity index (χ4v) is 4.82. The normalized spacial score (nSPS) is 18.2. The van der Waals surface area contributed by atoms with Crippen molar-refractivity contribution < 1.29 is 19.0 Å². The van der Waals surface area contributed by atoms with Gasteiger partial charge < -0.3 is 14.6 Å². The summed E-state index contributed by atoms with van der Waals surface area (Å²) >= 11 is 1.47. The Morgan fingerprint density at radius 1 is 1.28 bits per heavy atom. The van der Waals surface area contributed by atoms with Crippen molar-refractivity contribution in [3.8, 4) is 22.2 Å². The number of nitrogens with zero attached hydrogens (tertiary/aromatic N) is 3. The van der Waals surface area contributed by atoms with E-state index < -0.39 is 11.4 Å². The van der Waals surface area contributed by atoms with Crippen LogP contribution >= 0.6 is 11.3 Å². The van der Waals surface area contributed by atoms with Gasteiger partial charge in [0.15, 0.2) is 11.6 Å². The van der Waals surface area contributed by atoms with Crippen molar-refractivity contribution in [2.75, 3.05) is 13.7 Å². The van der Waals surface area contributed by atoms with E-state index in [4.69, 9.17) is 14.5 Å². The lowest BCUT2D eigenvalue weighted by Crippen LogP contribution is -2.34. The van der Waals surface area contributed by atoms with Crippen LogP contribution in [-0.2, 0) is 6.42 Å². The van der Waals surface area contributed by atoms with E-state index in [2.05, 4.69) is 9.97 Å². The number of aromatic nitrogens is 3. The molecule has 0 saturated carbocycles. The Morgan fingerprint density at radius 3 is 2.86 bits per heavy atom. The first kappa shape index (κ1) is 18.2. The van der Waals surface area contributed by atoms with Crippen LogP contribution in [0.15, 0.2) is 24.4 Å². The predicted octanol–water partition coefficient (Wildman–Crippen LogP) is 4.05. The van der Waals surface area contributed by atoms with Crippen molar-refractivity contribution in [3.63, 3.8) is 0 Å². The molecule has 0 saturated heterocycles. The first-order valence-corrected chi connectivity index (χ1v) is 9.96. The van der Waals surface area contributed by atoms with Crippen molar-refractivity contribution in [1.29, 1.82) is 0 Å². The molecular formula is C21H18FN3O3S. The maximum Gasteiger partial charge on any atom is 0.232 e. The van der Waals surface area contributed by atoms with E-state index in [-0.39, 0.29) is 12.4 Å². The maximum atomic E-state index is 14.6. The Hall–Kier alpha value is -2.84. The highest BCUT2D eigenvalue weighted by atomic mass is 32.1. The zero-order chi connectivity index (χ0) is 20.3. The second-order valence-corrected chi connectivity index (χ2v) is 8.51. The van der Waals surface area contributed by atoms with Gasteiger partial charge in [0.25, 0.3) is 0 Å². The van der Waals surface area contributed by atoms with Crippen LogP contribution < -0.4 is 9.47 Å². The zero-order valence-corrected chi connectivity index (χ0v) is 16.9. The Labute approximate surface area is 170 Å². The fraction of sp³-hybridized carbons (Fsp3) is 0.286. The van der Waals surface area contributed by atoms with E-state index in [1.54, 1.807) is 20.2 Å². The van der Waals surface area contributed by atoms with E-state index in [0.717, 1.165) is 26.4 Å². The predicted molar refractivity (Wildman–Crippen MR) is 109 cm³/mol. The van der Waals surface area contributed by atoms with Gasteiger partial charge in [-0.05, 0) is 31.5 Å². The van der Waals surface area contributed by atoms with Gasteiger partial charge >= 0.3 is 0 Å². The molecule has 6 nitrogen and oxygen atoms in total. The minimum atomic E-state index is -0.820. The molecule has 2 aromatic carbocycles. The van der Waals surface area contributed by atoms with E-state index in [9.17, 15) is 9.50 Å². The fourth-order valence-electron chi connectivity index (χ4n) is 3.72. The van der Waals surface area contributed by atoms with Gasteiger partial charge in [-0.3, -0.25) is 0 Å². The molecule has 0 fully saturated rings. The molecule has 8 heteroatoms. The molecule has 4 aromatic rings. The van der Waals surface area contributed by atoms with E-state index in [1.807, 2.05) is 19.1 Å². The third kappa shape index (κ3) is 2.82. The molecule has 0 spiro atoms. The number of aliphatic hydroxyl groups excluding tert-OH is 1. The molecule has 0 bridgehead atoms. The Kier molecular flexibility index (Phi) is 3.97. The molecule has 0 radical (unpaired) electrons. The van der Waals surface area contributed by atoms with E-state index in [1.165, 1.54) is 17.4 Å². The van der Waals surface area contributed by atoms with Crippen LogP contribution in [0.1, 0.15) is 18.1 Å². The van der Waals surface area contributed by atoms with Crippen LogP contribution in [0.5, 0.6) is 11.6 Å². The standard InChI is InChI=1S/C21H18FN3O3S/c1-10-4-11(17-14(5-10)24-16(27-3)8-23-17)20-25-15-6-13(22)18-12(19(15)29-20)7-21(2,9-26)28-18/h4-6,8,26H,7,9H2,1-3H3. The van der Waals surface area contributed by atoms with Crippen molar-refractivity contribution in [3.05, 3.63) is 41.3 Å². The van der Waals surface area contributed by atoms with Crippen LogP contribution in [0.2, 0.25) is 0 Å². The lowest BCUT2D eigenvalue weighted by molar-refractivity contribution is 0.0421. The minimum absolute atomic E-state index is 0.186. The Morgan fingerprint density at radius 2 is 2.10 bits per heavy atom. The topological polar surface area (TPSA) is 77.4 Å². The summed E-state index contributed by atoms with van der Waals surface area (Å²) in [7, 11) is 1.55. The first-order valence-electron chi connectivity index (χ1n) is 9.14. The summed E-state index contributed by atoms with van der Waals surface area (Å²) in [4.78, 5) is 13.7. The Bertz CT molecular complexity index is 1290. The van der Waals surface area contributed by atoms with Gasteiger partial charge in [0.2, 0.25) is 5.88 Å². The Balaban J connectivity index is 1.73. The molecule has 1 unspecified atom stereocenters. The number of ether oxygens (including phenoxy) is 2. The second-order valence-electron chi connectivity index (χ2n) is 7.51. The molecule has 0 aliphatic carbocycles. The third-order valence-corrected chi connectivity index (χ3v) is 6.29. The third-order valence-electron chi connectivity index (χ3n) is 5.12. The molecule has 1 aliphatic heterocycles. The van der Waals surface area contributed by atoms with Crippen LogP contribution in [0.3, 0.4) is 0 Å². The zero-order valence-electron chi connectivity index (χ0n) is 16.1. The summed E-state index contributed by atoms with van der Waals surface area (Å²) in [6, 6.07) is 5.34. The molecule has 2 aromatic heterocycles. The monoisotopic (exact) mass is 411 g/mol. The van der Waals surface area contributed by atoms with Gasteiger partial charge in [-0.2, -0.15) is 0 Å². The molecule has 148 valence electrons. The van der Waals surface area contributed by atoms with Gasteiger partial charge in [0.05, 0.1) is 41.2 Å². The van der Waals surface area contributed by atoms with Crippen LogP contribution in [0, 0.1) is 12.7 Å². The molecule has 3 heterocycles. The van der Waals surface area contributed by atoms with Crippen LogP contribution in [-0.4, -0.2) is 39.4 Å². The molecule has 0 amide bonds. The SMILES string of the molecule is COc1cnc2c(-c3nc4cc(F)c5c(c4s3)CC(C)(CO)O5)cc(C)cc2n1. The number of halogens is 1. The smallest absolute Gasteiger partial charge is 0.232 e. The van der Waals surface area contributed by atoms with Crippen molar-refractivity contribution >= 4 is 32.6 Å². The average molecular weight is 411 g/mol. The highest BCUT2D eigenvalue weighted by Gasteiger charge is 2.38. The molecular weight excluding hydrogens is 393 g/mol. The lowest BCUT2D eigenvalue weighted by Gasteiger charge is -2.20. The molecule has 1 atom stereocenters. The first-order chi connectivity index (χ1) is 13.9. The minimum Gasteiger partial charge on any atom is -0.481 e. The summed E-state index contributed by atoms with van der Waals surface area (Å²) in [5.74, 6) is 0.196. The maximum absolute atomic E-state index is 14.6. The van der Waals surface area contributed by atoms with Gasteiger partial charge in [-0.1, -0.05) is 0 Å². The van der Waals surface area contributed by atoms with Crippen molar-refractivity contribution in [2.24, 2.45) is 0 Å². The quantitative estimate of drug-likeness (QED) is 0.548.